The average molecular weight is 310 g/mol. The molecule has 0 aliphatic rings. The summed E-state index contributed by atoms with van der Waals surface area (Å²) in [6.07, 6.45) is -3.26. The number of hydrogen-bond acceptors (Lipinski definition) is 1. The van der Waals surface area contributed by atoms with Gasteiger partial charge < -0.3 is 5.11 Å². The molecule has 0 spiro atoms. The number of benzene rings is 2. The number of rotatable bonds is 3. The first-order chi connectivity index (χ1) is 10.3. The lowest BCUT2D eigenvalue weighted by Crippen LogP contribution is -2.08. The largest absolute Gasteiger partial charge is 0.478 e. The van der Waals surface area contributed by atoms with E-state index in [4.69, 9.17) is 5.11 Å². The van der Waals surface area contributed by atoms with E-state index in [2.05, 4.69) is 0 Å². The van der Waals surface area contributed by atoms with Gasteiger partial charge in [-0.2, -0.15) is 13.2 Å². The molecule has 2 nitrogen and oxygen atoms in total. The smallest absolute Gasteiger partial charge is 0.417 e. The summed E-state index contributed by atoms with van der Waals surface area (Å²) in [7, 11) is 0. The van der Waals surface area contributed by atoms with E-state index in [1.54, 1.807) is 0 Å². The van der Waals surface area contributed by atoms with Crippen LogP contribution >= 0.6 is 0 Å². The number of carboxylic acid groups (broad SMARTS) is 1. The van der Waals surface area contributed by atoms with Crippen LogP contribution in [0.4, 0.5) is 17.6 Å². The molecule has 0 bridgehead atoms. The Hall–Kier alpha value is -2.63. The topological polar surface area (TPSA) is 37.3 Å². The predicted octanol–water partition coefficient (Wildman–Crippen LogP) is 4.61. The predicted molar refractivity (Wildman–Crippen MR) is 73.5 cm³/mol. The van der Waals surface area contributed by atoms with Gasteiger partial charge in [0.15, 0.2) is 0 Å². The first kappa shape index (κ1) is 15.8. The molecule has 0 aromatic heterocycles. The van der Waals surface area contributed by atoms with Gasteiger partial charge in [0.25, 0.3) is 0 Å². The number of hydrogen-bond donors (Lipinski definition) is 1. The van der Waals surface area contributed by atoms with Crippen LogP contribution in [0.5, 0.6) is 0 Å². The molecule has 2 rings (SSSR count). The fourth-order valence-corrected chi connectivity index (χ4v) is 2.06. The molecule has 0 radical (unpaired) electrons. The fourth-order valence-electron chi connectivity index (χ4n) is 2.06. The molecule has 6 heteroatoms. The second-order valence-electron chi connectivity index (χ2n) is 4.42. The van der Waals surface area contributed by atoms with Gasteiger partial charge in [-0.25, -0.2) is 9.18 Å². The van der Waals surface area contributed by atoms with Gasteiger partial charge in [-0.3, -0.25) is 0 Å². The number of halogens is 4. The molecule has 2 aromatic rings. The van der Waals surface area contributed by atoms with Crippen molar-refractivity contribution in [3.8, 4) is 11.1 Å². The normalized spacial score (nSPS) is 11.8. The maximum Gasteiger partial charge on any atom is 0.417 e. The lowest BCUT2D eigenvalue weighted by atomic mass is 9.94. The van der Waals surface area contributed by atoms with Crippen LogP contribution in [-0.4, -0.2) is 11.1 Å². The minimum atomic E-state index is -4.68. The number of carboxylic acids is 1. The highest BCUT2D eigenvalue weighted by Gasteiger charge is 2.33. The molecule has 0 aliphatic heterocycles. The molecule has 114 valence electrons. The van der Waals surface area contributed by atoms with Gasteiger partial charge >= 0.3 is 12.1 Å². The zero-order valence-electron chi connectivity index (χ0n) is 11.1. The maximum atomic E-state index is 13.9. The second-order valence-corrected chi connectivity index (χ2v) is 4.42. The summed E-state index contributed by atoms with van der Waals surface area (Å²) in [4.78, 5) is 10.6. The highest BCUT2D eigenvalue weighted by atomic mass is 19.4. The Morgan fingerprint density at radius 2 is 1.64 bits per heavy atom. The maximum absolute atomic E-state index is 13.9. The molecule has 0 saturated heterocycles. The van der Waals surface area contributed by atoms with Crippen LogP contribution in [-0.2, 0) is 11.0 Å². The third-order valence-corrected chi connectivity index (χ3v) is 2.97. The minimum Gasteiger partial charge on any atom is -0.478 e. The van der Waals surface area contributed by atoms with Crippen molar-refractivity contribution in [2.75, 3.05) is 0 Å². The van der Waals surface area contributed by atoms with Crippen LogP contribution in [0.25, 0.3) is 17.2 Å². The van der Waals surface area contributed by atoms with Crippen molar-refractivity contribution in [1.82, 2.24) is 0 Å². The molecule has 0 amide bonds. The number of aliphatic carboxylic acids is 1. The van der Waals surface area contributed by atoms with E-state index >= 15 is 0 Å². The van der Waals surface area contributed by atoms with Crippen LogP contribution in [0.1, 0.15) is 11.1 Å². The van der Waals surface area contributed by atoms with E-state index in [9.17, 15) is 22.4 Å². The Morgan fingerprint density at radius 3 is 2.23 bits per heavy atom. The Balaban J connectivity index is 2.74. The summed E-state index contributed by atoms with van der Waals surface area (Å²) in [5.41, 5.74) is -1.46. The summed E-state index contributed by atoms with van der Waals surface area (Å²) in [6, 6.07) is 8.66. The molecule has 0 heterocycles. The molecule has 0 atom stereocenters. The lowest BCUT2D eigenvalue weighted by Gasteiger charge is -2.15. The molecular weight excluding hydrogens is 300 g/mol. The molecular formula is C16H10F4O2. The van der Waals surface area contributed by atoms with Gasteiger partial charge in [-0.15, -0.1) is 0 Å². The quantitative estimate of drug-likeness (QED) is 0.664. The van der Waals surface area contributed by atoms with E-state index in [-0.39, 0.29) is 16.7 Å². The fraction of sp³-hybridized carbons (Fsp3) is 0.0625. The van der Waals surface area contributed by atoms with E-state index in [0.717, 1.165) is 24.3 Å². The SMILES string of the molecule is O=C(O)/C=C/c1c(-c2ccccc2F)cccc1C(F)(F)F. The summed E-state index contributed by atoms with van der Waals surface area (Å²) < 4.78 is 53.1. The van der Waals surface area contributed by atoms with E-state index in [1.807, 2.05) is 0 Å². The Bertz CT molecular complexity index is 733. The monoisotopic (exact) mass is 310 g/mol. The third-order valence-electron chi connectivity index (χ3n) is 2.97. The van der Waals surface area contributed by atoms with Gasteiger partial charge in [0.1, 0.15) is 5.82 Å². The first-order valence-corrected chi connectivity index (χ1v) is 6.17. The second kappa shape index (κ2) is 6.01. The lowest BCUT2D eigenvalue weighted by molar-refractivity contribution is -0.137. The van der Waals surface area contributed by atoms with Gasteiger partial charge in [0.2, 0.25) is 0 Å². The van der Waals surface area contributed by atoms with E-state index in [1.165, 1.54) is 24.3 Å². The molecule has 0 aliphatic carbocycles. The highest BCUT2D eigenvalue weighted by molar-refractivity contribution is 5.88. The van der Waals surface area contributed by atoms with Crippen LogP contribution < -0.4 is 0 Å². The Morgan fingerprint density at radius 1 is 1.00 bits per heavy atom. The highest BCUT2D eigenvalue weighted by Crippen LogP contribution is 2.38. The van der Waals surface area contributed by atoms with Crippen LogP contribution in [0.2, 0.25) is 0 Å². The summed E-state index contributed by atoms with van der Waals surface area (Å²) in [5, 5.41) is 8.64. The van der Waals surface area contributed by atoms with Crippen molar-refractivity contribution in [2.24, 2.45) is 0 Å². The van der Waals surface area contributed by atoms with Crippen molar-refractivity contribution in [2.45, 2.75) is 6.18 Å². The van der Waals surface area contributed by atoms with Crippen molar-refractivity contribution >= 4 is 12.0 Å². The van der Waals surface area contributed by atoms with Crippen molar-refractivity contribution < 1.29 is 27.5 Å². The standard InChI is InChI=1S/C16H10F4O2/c17-14-7-2-1-4-12(14)10-5-3-6-13(16(18,19)20)11(10)8-9-15(21)22/h1-9H,(H,21,22)/b9-8+. The van der Waals surface area contributed by atoms with Crippen LogP contribution in [0.15, 0.2) is 48.5 Å². The van der Waals surface area contributed by atoms with Crippen molar-refractivity contribution in [3.05, 3.63) is 65.5 Å². The third kappa shape index (κ3) is 3.33. The zero-order chi connectivity index (χ0) is 16.3. The number of alkyl halides is 3. The first-order valence-electron chi connectivity index (χ1n) is 6.17. The van der Waals surface area contributed by atoms with Crippen molar-refractivity contribution in [3.63, 3.8) is 0 Å². The number of carbonyl (C=O) groups is 1. The molecule has 0 saturated carbocycles. The summed E-state index contributed by atoms with van der Waals surface area (Å²) in [5.74, 6) is -2.08. The minimum absolute atomic E-state index is 0.0228. The van der Waals surface area contributed by atoms with Crippen LogP contribution in [0.3, 0.4) is 0 Å². The molecule has 1 N–H and O–H groups in total. The Labute approximate surface area is 123 Å². The van der Waals surface area contributed by atoms with Crippen molar-refractivity contribution in [1.29, 1.82) is 0 Å². The van der Waals surface area contributed by atoms with Gasteiger partial charge in [-0.1, -0.05) is 30.3 Å². The molecule has 22 heavy (non-hydrogen) atoms. The van der Waals surface area contributed by atoms with E-state index in [0.29, 0.717) is 6.08 Å². The van der Waals surface area contributed by atoms with Gasteiger partial charge in [0.05, 0.1) is 5.56 Å². The molecule has 0 unspecified atom stereocenters. The summed E-state index contributed by atoms with van der Waals surface area (Å²) in [6.45, 7) is 0. The van der Waals surface area contributed by atoms with Crippen LogP contribution in [0, 0.1) is 5.82 Å². The van der Waals surface area contributed by atoms with Gasteiger partial charge in [-0.05, 0) is 29.3 Å². The summed E-state index contributed by atoms with van der Waals surface area (Å²) >= 11 is 0. The average Bonchev–Trinajstić information content (AvgIpc) is 2.44. The molecule has 2 aromatic carbocycles. The zero-order valence-corrected chi connectivity index (χ0v) is 11.1. The van der Waals surface area contributed by atoms with E-state index < -0.39 is 23.5 Å². The molecule has 0 fully saturated rings. The van der Waals surface area contributed by atoms with Gasteiger partial charge in [0, 0.05) is 11.6 Å². The Kier molecular flexibility index (Phi) is 4.30.